The van der Waals surface area contributed by atoms with Crippen LogP contribution in [0, 0.1) is 11.3 Å². The molecule has 0 saturated carbocycles. The largest absolute Gasteiger partial charge is 0.381 e. The summed E-state index contributed by atoms with van der Waals surface area (Å²) in [6, 6.07) is 10.2. The van der Waals surface area contributed by atoms with Gasteiger partial charge in [-0.25, -0.2) is 0 Å². The van der Waals surface area contributed by atoms with E-state index in [2.05, 4.69) is 11.4 Å². The zero-order valence-electron chi connectivity index (χ0n) is 8.33. The van der Waals surface area contributed by atoms with Crippen LogP contribution in [0.4, 0.5) is 5.69 Å². The Balaban J connectivity index is 2.60. The molecule has 3 N–H and O–H groups in total. The van der Waals surface area contributed by atoms with Crippen molar-refractivity contribution in [2.45, 2.75) is 19.4 Å². The van der Waals surface area contributed by atoms with Crippen LogP contribution in [0.5, 0.6) is 0 Å². The fourth-order valence-electron chi connectivity index (χ4n) is 1.15. The van der Waals surface area contributed by atoms with Crippen LogP contribution in [0.1, 0.15) is 12.5 Å². The number of benzene rings is 1. The first kappa shape index (κ1) is 10.6. The molecule has 0 aliphatic carbocycles. The minimum atomic E-state index is 0.275. The molecule has 1 aromatic carbocycles. The maximum atomic E-state index is 8.49. The number of anilines is 1. The van der Waals surface area contributed by atoms with Gasteiger partial charge in [0.15, 0.2) is 0 Å². The standard InChI is InChI=1S/C11H15N3/c1-9(8-13)14-11-4-2-10(3-5-11)6-7-12/h2-5,9,14H,6,8,13H2,1H3. The van der Waals surface area contributed by atoms with E-state index in [1.165, 1.54) is 0 Å². The van der Waals surface area contributed by atoms with Gasteiger partial charge in [0, 0.05) is 18.3 Å². The third-order valence-corrected chi connectivity index (χ3v) is 2.00. The second kappa shape index (κ2) is 5.25. The van der Waals surface area contributed by atoms with Crippen molar-refractivity contribution in [3.8, 4) is 6.07 Å². The smallest absolute Gasteiger partial charge is 0.0669 e. The Hall–Kier alpha value is -1.53. The number of rotatable bonds is 4. The molecule has 0 spiro atoms. The van der Waals surface area contributed by atoms with Crippen LogP contribution in [0.2, 0.25) is 0 Å². The fourth-order valence-corrected chi connectivity index (χ4v) is 1.15. The van der Waals surface area contributed by atoms with Gasteiger partial charge >= 0.3 is 0 Å². The first-order chi connectivity index (χ1) is 6.76. The zero-order valence-corrected chi connectivity index (χ0v) is 8.33. The molecule has 1 unspecified atom stereocenters. The third-order valence-electron chi connectivity index (χ3n) is 2.00. The molecule has 0 aliphatic heterocycles. The van der Waals surface area contributed by atoms with Gasteiger partial charge in [0.25, 0.3) is 0 Å². The Labute approximate surface area is 84.5 Å². The number of nitrogens with zero attached hydrogens (tertiary/aromatic N) is 1. The molecular formula is C11H15N3. The number of nitrogens with two attached hydrogens (primary N) is 1. The summed E-state index contributed by atoms with van der Waals surface area (Å²) in [6.45, 7) is 2.64. The molecule has 3 heteroatoms. The average Bonchev–Trinajstić information content (AvgIpc) is 2.21. The quantitative estimate of drug-likeness (QED) is 0.754. The SMILES string of the molecule is CC(CN)Nc1ccc(CC#N)cc1. The molecule has 3 nitrogen and oxygen atoms in total. The Kier molecular flexibility index (Phi) is 3.96. The predicted molar refractivity (Wildman–Crippen MR) is 57.9 cm³/mol. The minimum Gasteiger partial charge on any atom is -0.381 e. The van der Waals surface area contributed by atoms with Crippen LogP contribution in [0.15, 0.2) is 24.3 Å². The van der Waals surface area contributed by atoms with Crippen molar-refractivity contribution in [3.05, 3.63) is 29.8 Å². The van der Waals surface area contributed by atoms with Crippen LogP contribution in [0.3, 0.4) is 0 Å². The number of hydrogen-bond acceptors (Lipinski definition) is 3. The summed E-state index contributed by atoms with van der Waals surface area (Å²) in [5, 5.41) is 11.7. The molecule has 0 radical (unpaired) electrons. The molecule has 1 aromatic rings. The number of hydrogen-bond donors (Lipinski definition) is 2. The van der Waals surface area contributed by atoms with Crippen LogP contribution in [0.25, 0.3) is 0 Å². The highest BCUT2D eigenvalue weighted by Gasteiger charge is 1.98. The lowest BCUT2D eigenvalue weighted by Crippen LogP contribution is -2.25. The summed E-state index contributed by atoms with van der Waals surface area (Å²) in [6.07, 6.45) is 0.465. The van der Waals surface area contributed by atoms with E-state index >= 15 is 0 Å². The van der Waals surface area contributed by atoms with Crippen LogP contribution in [-0.4, -0.2) is 12.6 Å². The number of nitriles is 1. The summed E-state index contributed by atoms with van der Waals surface area (Å²) >= 11 is 0. The summed E-state index contributed by atoms with van der Waals surface area (Å²) in [5.41, 5.74) is 7.58. The van der Waals surface area contributed by atoms with Crippen molar-refractivity contribution in [3.63, 3.8) is 0 Å². The van der Waals surface area contributed by atoms with Gasteiger partial charge in [0.2, 0.25) is 0 Å². The van der Waals surface area contributed by atoms with E-state index < -0.39 is 0 Å². The van der Waals surface area contributed by atoms with Crippen LogP contribution >= 0.6 is 0 Å². The molecule has 0 saturated heterocycles. The van der Waals surface area contributed by atoms with E-state index in [4.69, 9.17) is 11.0 Å². The molecule has 0 aliphatic rings. The van der Waals surface area contributed by atoms with E-state index in [-0.39, 0.29) is 6.04 Å². The lowest BCUT2D eigenvalue weighted by Gasteiger charge is -2.12. The van der Waals surface area contributed by atoms with E-state index in [0.717, 1.165) is 11.3 Å². The first-order valence-electron chi connectivity index (χ1n) is 4.68. The highest BCUT2D eigenvalue weighted by molar-refractivity contribution is 5.45. The maximum absolute atomic E-state index is 8.49. The van der Waals surface area contributed by atoms with Crippen molar-refractivity contribution in [1.29, 1.82) is 5.26 Å². The average molecular weight is 189 g/mol. The van der Waals surface area contributed by atoms with Crippen molar-refractivity contribution in [2.24, 2.45) is 5.73 Å². The molecule has 74 valence electrons. The fraction of sp³-hybridized carbons (Fsp3) is 0.364. The summed E-state index contributed by atoms with van der Waals surface area (Å²) in [4.78, 5) is 0. The van der Waals surface area contributed by atoms with Gasteiger partial charge < -0.3 is 11.1 Å². The Morgan fingerprint density at radius 3 is 2.57 bits per heavy atom. The van der Waals surface area contributed by atoms with Crippen molar-refractivity contribution < 1.29 is 0 Å². The molecule has 0 heterocycles. The topological polar surface area (TPSA) is 61.8 Å². The zero-order chi connectivity index (χ0) is 10.4. The van der Waals surface area contributed by atoms with Gasteiger partial charge in [-0.3, -0.25) is 0 Å². The summed E-state index contributed by atoms with van der Waals surface area (Å²) in [7, 11) is 0. The Morgan fingerprint density at radius 2 is 2.07 bits per heavy atom. The van der Waals surface area contributed by atoms with E-state index in [0.29, 0.717) is 13.0 Å². The van der Waals surface area contributed by atoms with E-state index in [1.54, 1.807) is 0 Å². The van der Waals surface area contributed by atoms with Crippen LogP contribution in [-0.2, 0) is 6.42 Å². The summed E-state index contributed by atoms with van der Waals surface area (Å²) < 4.78 is 0. The molecular weight excluding hydrogens is 174 g/mol. The maximum Gasteiger partial charge on any atom is 0.0669 e. The molecule has 1 atom stereocenters. The van der Waals surface area contributed by atoms with Crippen LogP contribution < -0.4 is 11.1 Å². The lowest BCUT2D eigenvalue weighted by atomic mass is 10.1. The van der Waals surface area contributed by atoms with E-state index in [9.17, 15) is 0 Å². The molecule has 0 bridgehead atoms. The van der Waals surface area contributed by atoms with E-state index in [1.807, 2.05) is 31.2 Å². The van der Waals surface area contributed by atoms with Crippen molar-refractivity contribution >= 4 is 5.69 Å². The van der Waals surface area contributed by atoms with Gasteiger partial charge in [-0.2, -0.15) is 5.26 Å². The predicted octanol–water partition coefficient (Wildman–Crippen LogP) is 1.51. The minimum absolute atomic E-state index is 0.275. The second-order valence-corrected chi connectivity index (χ2v) is 3.31. The first-order valence-corrected chi connectivity index (χ1v) is 4.68. The molecule has 0 fully saturated rings. The second-order valence-electron chi connectivity index (χ2n) is 3.31. The monoisotopic (exact) mass is 189 g/mol. The van der Waals surface area contributed by atoms with Crippen molar-refractivity contribution in [2.75, 3.05) is 11.9 Å². The molecule has 0 aromatic heterocycles. The van der Waals surface area contributed by atoms with Gasteiger partial charge in [0.05, 0.1) is 12.5 Å². The lowest BCUT2D eigenvalue weighted by molar-refractivity contribution is 0.804. The molecule has 14 heavy (non-hydrogen) atoms. The molecule has 0 amide bonds. The Bertz CT molecular complexity index is 310. The highest BCUT2D eigenvalue weighted by atomic mass is 14.9. The van der Waals surface area contributed by atoms with Crippen molar-refractivity contribution in [1.82, 2.24) is 0 Å². The number of nitrogens with one attached hydrogen (secondary N) is 1. The van der Waals surface area contributed by atoms with Gasteiger partial charge in [-0.1, -0.05) is 12.1 Å². The van der Waals surface area contributed by atoms with Gasteiger partial charge in [-0.15, -0.1) is 0 Å². The summed E-state index contributed by atoms with van der Waals surface area (Å²) in [5.74, 6) is 0. The Morgan fingerprint density at radius 1 is 1.43 bits per heavy atom. The third kappa shape index (κ3) is 3.08. The normalized spacial score (nSPS) is 11.8. The molecule has 1 rings (SSSR count). The van der Waals surface area contributed by atoms with Gasteiger partial charge in [0.1, 0.15) is 0 Å². The van der Waals surface area contributed by atoms with Gasteiger partial charge in [-0.05, 0) is 24.6 Å². The highest BCUT2D eigenvalue weighted by Crippen LogP contribution is 2.10.